The molecule has 1 aliphatic rings. The molecule has 38 heavy (non-hydrogen) atoms. The fourth-order valence-electron chi connectivity index (χ4n) is 5.54. The van der Waals surface area contributed by atoms with Gasteiger partial charge < -0.3 is 18.9 Å². The predicted molar refractivity (Wildman–Crippen MR) is 147 cm³/mol. The number of ether oxygens (including phenoxy) is 4. The summed E-state index contributed by atoms with van der Waals surface area (Å²) >= 11 is 0. The highest BCUT2D eigenvalue weighted by Crippen LogP contribution is 2.56. The smallest absolute Gasteiger partial charge is 0.321 e. The summed E-state index contributed by atoms with van der Waals surface area (Å²) in [6, 6.07) is 24.1. The van der Waals surface area contributed by atoms with Gasteiger partial charge in [-0.05, 0) is 76.2 Å². The lowest BCUT2D eigenvalue weighted by molar-refractivity contribution is -0.162. The summed E-state index contributed by atoms with van der Waals surface area (Å²) in [5.74, 6) is -2.00. The molecule has 1 unspecified atom stereocenters. The van der Waals surface area contributed by atoms with Crippen LogP contribution in [0.1, 0.15) is 30.9 Å². The van der Waals surface area contributed by atoms with Crippen molar-refractivity contribution in [2.75, 3.05) is 27.4 Å². The summed E-state index contributed by atoms with van der Waals surface area (Å²) in [6.07, 6.45) is 0. The van der Waals surface area contributed by atoms with Crippen molar-refractivity contribution in [1.29, 1.82) is 0 Å². The van der Waals surface area contributed by atoms with Gasteiger partial charge in [-0.15, -0.1) is 0 Å². The Labute approximate surface area is 222 Å². The molecule has 6 heteroatoms. The van der Waals surface area contributed by atoms with Gasteiger partial charge in [0.2, 0.25) is 0 Å². The van der Waals surface area contributed by atoms with E-state index in [4.69, 9.17) is 18.9 Å². The van der Waals surface area contributed by atoms with Crippen LogP contribution in [-0.4, -0.2) is 39.4 Å². The lowest BCUT2D eigenvalue weighted by atomic mass is 9.79. The minimum Gasteiger partial charge on any atom is -0.493 e. The van der Waals surface area contributed by atoms with Gasteiger partial charge in [-0.3, -0.25) is 9.59 Å². The van der Waals surface area contributed by atoms with Crippen LogP contribution >= 0.6 is 0 Å². The highest BCUT2D eigenvalue weighted by molar-refractivity contribution is 6.07. The zero-order valence-corrected chi connectivity index (χ0v) is 21.9. The Morgan fingerprint density at radius 1 is 0.763 bits per heavy atom. The molecule has 0 aromatic heterocycles. The van der Waals surface area contributed by atoms with Gasteiger partial charge in [-0.1, -0.05) is 54.6 Å². The summed E-state index contributed by atoms with van der Waals surface area (Å²) in [4.78, 5) is 27.0. The molecule has 6 nitrogen and oxygen atoms in total. The Morgan fingerprint density at radius 2 is 1.37 bits per heavy atom. The van der Waals surface area contributed by atoms with Gasteiger partial charge in [0.1, 0.15) is 0 Å². The maximum Gasteiger partial charge on any atom is 0.321 e. The number of hydrogen-bond donors (Lipinski definition) is 0. The first-order chi connectivity index (χ1) is 18.5. The van der Waals surface area contributed by atoms with E-state index in [0.29, 0.717) is 11.5 Å². The second-order valence-corrected chi connectivity index (χ2v) is 9.05. The van der Waals surface area contributed by atoms with E-state index in [1.54, 1.807) is 28.1 Å². The first kappa shape index (κ1) is 25.3. The van der Waals surface area contributed by atoms with Gasteiger partial charge in [-0.25, -0.2) is 0 Å². The monoisotopic (exact) mass is 510 g/mol. The fraction of sp³-hybridized carbons (Fsp3) is 0.250. The van der Waals surface area contributed by atoms with Gasteiger partial charge in [0.05, 0.1) is 27.4 Å². The maximum absolute atomic E-state index is 13.5. The van der Waals surface area contributed by atoms with Crippen molar-refractivity contribution < 1.29 is 28.5 Å². The van der Waals surface area contributed by atoms with Crippen LogP contribution in [0.15, 0.2) is 72.8 Å². The molecule has 5 rings (SSSR count). The van der Waals surface area contributed by atoms with Gasteiger partial charge in [0.25, 0.3) is 0 Å². The number of carbonyl (C=O) groups excluding carboxylic acids is 2. The summed E-state index contributed by atoms with van der Waals surface area (Å²) in [5.41, 5.74) is 5.44. The highest BCUT2D eigenvalue weighted by atomic mass is 16.6. The standard InChI is InChI=1S/C32H30O6/c1-5-37-31(33)30(32(34)38-6-2)29-24-18-26(36-4)25(35-3)17-22(24)23-16-20-14-10-11-15-21(20)27(28(23)29)19-12-8-7-9-13-19/h7-18,29-30H,5-6H2,1-4H3. The Kier molecular flexibility index (Phi) is 7.05. The molecule has 0 aliphatic heterocycles. The zero-order valence-electron chi connectivity index (χ0n) is 21.9. The molecular weight excluding hydrogens is 480 g/mol. The molecule has 0 N–H and O–H groups in total. The summed E-state index contributed by atoms with van der Waals surface area (Å²) in [6.45, 7) is 3.76. The van der Waals surface area contributed by atoms with Crippen molar-refractivity contribution in [3.63, 3.8) is 0 Å². The molecule has 0 bridgehead atoms. The molecule has 0 spiro atoms. The lowest BCUT2D eigenvalue weighted by Gasteiger charge is -2.25. The van der Waals surface area contributed by atoms with Crippen molar-refractivity contribution in [3.8, 4) is 33.8 Å². The predicted octanol–water partition coefficient (Wildman–Crippen LogP) is 6.38. The quantitative estimate of drug-likeness (QED) is 0.202. The Balaban J connectivity index is 1.92. The third-order valence-corrected chi connectivity index (χ3v) is 7.06. The lowest BCUT2D eigenvalue weighted by Crippen LogP contribution is -2.33. The molecule has 0 fully saturated rings. The van der Waals surface area contributed by atoms with Crippen LogP contribution in [0.3, 0.4) is 0 Å². The number of hydrogen-bond acceptors (Lipinski definition) is 6. The van der Waals surface area contributed by atoms with E-state index in [2.05, 4.69) is 18.2 Å². The first-order valence-corrected chi connectivity index (χ1v) is 12.7. The van der Waals surface area contributed by atoms with Crippen molar-refractivity contribution in [3.05, 3.63) is 83.9 Å². The van der Waals surface area contributed by atoms with Crippen LogP contribution in [0.2, 0.25) is 0 Å². The molecule has 1 aliphatic carbocycles. The number of fused-ring (bicyclic) bond motifs is 4. The summed E-state index contributed by atoms with van der Waals surface area (Å²) in [7, 11) is 3.16. The van der Waals surface area contributed by atoms with Crippen LogP contribution in [0.25, 0.3) is 33.0 Å². The minimum atomic E-state index is -1.20. The van der Waals surface area contributed by atoms with Crippen LogP contribution in [0.4, 0.5) is 0 Å². The van der Waals surface area contributed by atoms with Crippen LogP contribution in [-0.2, 0) is 19.1 Å². The number of benzene rings is 4. The van der Waals surface area contributed by atoms with E-state index >= 15 is 0 Å². The number of methoxy groups -OCH3 is 2. The first-order valence-electron chi connectivity index (χ1n) is 12.7. The van der Waals surface area contributed by atoms with Crippen molar-refractivity contribution in [2.24, 2.45) is 5.92 Å². The Morgan fingerprint density at radius 3 is 2.00 bits per heavy atom. The van der Waals surface area contributed by atoms with Gasteiger partial charge in [0.15, 0.2) is 17.4 Å². The molecule has 1 atom stereocenters. The second kappa shape index (κ2) is 10.6. The molecule has 0 radical (unpaired) electrons. The van der Waals surface area contributed by atoms with Crippen molar-refractivity contribution in [1.82, 2.24) is 0 Å². The van der Waals surface area contributed by atoms with E-state index < -0.39 is 23.8 Å². The second-order valence-electron chi connectivity index (χ2n) is 9.05. The van der Waals surface area contributed by atoms with E-state index in [9.17, 15) is 9.59 Å². The average Bonchev–Trinajstić information content (AvgIpc) is 3.24. The number of carbonyl (C=O) groups is 2. The number of rotatable bonds is 8. The summed E-state index contributed by atoms with van der Waals surface area (Å²) < 4.78 is 22.2. The third-order valence-electron chi connectivity index (χ3n) is 7.06. The SMILES string of the molecule is CCOC(=O)C(C(=O)OCC)C1c2cc(OC)c(OC)cc2-c2cc3ccccc3c(-c3ccccc3)c21. The van der Waals surface area contributed by atoms with E-state index in [1.165, 1.54) is 0 Å². The fourth-order valence-corrected chi connectivity index (χ4v) is 5.54. The van der Waals surface area contributed by atoms with E-state index in [-0.39, 0.29) is 13.2 Å². The average molecular weight is 511 g/mol. The van der Waals surface area contributed by atoms with E-state index in [0.717, 1.165) is 44.2 Å². The molecule has 194 valence electrons. The number of esters is 2. The van der Waals surface area contributed by atoms with Gasteiger partial charge >= 0.3 is 11.9 Å². The maximum atomic E-state index is 13.5. The van der Waals surface area contributed by atoms with Gasteiger partial charge in [0, 0.05) is 5.92 Å². The van der Waals surface area contributed by atoms with Crippen molar-refractivity contribution >= 4 is 22.7 Å². The minimum absolute atomic E-state index is 0.149. The topological polar surface area (TPSA) is 71.1 Å². The highest BCUT2D eigenvalue weighted by Gasteiger charge is 2.46. The molecule has 0 saturated heterocycles. The van der Waals surface area contributed by atoms with Crippen LogP contribution in [0.5, 0.6) is 11.5 Å². The van der Waals surface area contributed by atoms with Crippen LogP contribution < -0.4 is 9.47 Å². The Hall–Kier alpha value is -4.32. The molecule has 4 aromatic rings. The third kappa shape index (κ3) is 4.16. The van der Waals surface area contributed by atoms with E-state index in [1.807, 2.05) is 54.6 Å². The zero-order chi connectivity index (χ0) is 26.8. The molecule has 4 aromatic carbocycles. The van der Waals surface area contributed by atoms with Gasteiger partial charge in [-0.2, -0.15) is 0 Å². The van der Waals surface area contributed by atoms with Crippen LogP contribution in [0, 0.1) is 5.92 Å². The molecule has 0 saturated carbocycles. The summed E-state index contributed by atoms with van der Waals surface area (Å²) in [5, 5.41) is 2.08. The molecule has 0 amide bonds. The molecule has 0 heterocycles. The molecular formula is C32H30O6. The normalized spacial score (nSPS) is 13.7. The largest absolute Gasteiger partial charge is 0.493 e. The Bertz CT molecular complexity index is 1490. The van der Waals surface area contributed by atoms with Crippen molar-refractivity contribution in [2.45, 2.75) is 19.8 Å².